The number of carbonyl (C=O) groups excluding carboxylic acids is 3. The molecule has 0 N–H and O–H groups in total. The van der Waals surface area contributed by atoms with E-state index >= 15 is 0 Å². The molecule has 0 unspecified atom stereocenters. The Hall–Kier alpha value is -2.13. The summed E-state index contributed by atoms with van der Waals surface area (Å²) in [4.78, 5) is 41.8. The monoisotopic (exact) mass is 414 g/mol. The highest BCUT2D eigenvalue weighted by Gasteiger charge is 2.32. The molecule has 0 aliphatic carbocycles. The van der Waals surface area contributed by atoms with Gasteiger partial charge in [0.25, 0.3) is 11.8 Å². The number of azide groups is 1. The minimum Gasteiger partial charge on any atom is -0.330 e. The minimum atomic E-state index is -0.641. The van der Waals surface area contributed by atoms with E-state index in [1.165, 1.54) is 0 Å². The molecule has 1 saturated heterocycles. The largest absolute Gasteiger partial charge is 0.333 e. The molecule has 22 heavy (non-hydrogen) atoms. The highest BCUT2D eigenvalue weighted by Crippen LogP contribution is 2.23. The van der Waals surface area contributed by atoms with Gasteiger partial charge in [-0.3, -0.25) is 9.59 Å². The first-order chi connectivity index (χ1) is 10.5. The third kappa shape index (κ3) is 3.95. The number of halogens is 1. The Balaban J connectivity index is 1.91. The standard InChI is InChI=1S/C13H11IN4O4/c14-9-7-8(1-3-10(9)16-17-15)2-6-13(21)22-18-11(19)4-5-12(18)20/h1,3,7H,2,4-6H2. The number of carbonyl (C=O) groups is 3. The molecule has 1 fully saturated rings. The molecule has 0 saturated carbocycles. The number of hydrogen-bond donors (Lipinski definition) is 0. The van der Waals surface area contributed by atoms with Crippen LogP contribution >= 0.6 is 22.6 Å². The van der Waals surface area contributed by atoms with Crippen LogP contribution in [0.15, 0.2) is 23.3 Å². The topological polar surface area (TPSA) is 112 Å². The van der Waals surface area contributed by atoms with Crippen molar-refractivity contribution in [2.75, 3.05) is 0 Å². The summed E-state index contributed by atoms with van der Waals surface area (Å²) in [6.07, 6.45) is 0.575. The average Bonchev–Trinajstić information content (AvgIpc) is 2.80. The van der Waals surface area contributed by atoms with Crippen molar-refractivity contribution in [3.05, 3.63) is 37.8 Å². The van der Waals surface area contributed by atoms with Crippen LogP contribution in [0.2, 0.25) is 0 Å². The Morgan fingerprint density at radius 1 is 1.36 bits per heavy atom. The van der Waals surface area contributed by atoms with Gasteiger partial charge >= 0.3 is 5.97 Å². The van der Waals surface area contributed by atoms with Gasteiger partial charge in [-0.15, -0.1) is 5.06 Å². The molecule has 0 radical (unpaired) electrons. The lowest BCUT2D eigenvalue weighted by Gasteiger charge is -2.12. The van der Waals surface area contributed by atoms with Crippen LogP contribution in [0.5, 0.6) is 0 Å². The molecule has 2 amide bonds. The second-order valence-corrected chi connectivity index (χ2v) is 5.68. The van der Waals surface area contributed by atoms with E-state index in [1.807, 2.05) is 22.6 Å². The maximum atomic E-state index is 11.7. The number of nitrogens with zero attached hydrogens (tertiary/aromatic N) is 4. The van der Waals surface area contributed by atoms with Crippen LogP contribution in [0.3, 0.4) is 0 Å². The Morgan fingerprint density at radius 3 is 2.64 bits per heavy atom. The van der Waals surface area contributed by atoms with E-state index in [9.17, 15) is 14.4 Å². The summed E-state index contributed by atoms with van der Waals surface area (Å²) in [5, 5.41) is 4.07. The zero-order valence-corrected chi connectivity index (χ0v) is 13.5. The van der Waals surface area contributed by atoms with Gasteiger partial charge in [0.05, 0.1) is 12.1 Å². The fourth-order valence-electron chi connectivity index (χ4n) is 1.89. The van der Waals surface area contributed by atoms with E-state index in [-0.39, 0.29) is 19.3 Å². The van der Waals surface area contributed by atoms with Gasteiger partial charge in [-0.25, -0.2) is 4.79 Å². The summed E-state index contributed by atoms with van der Waals surface area (Å²) >= 11 is 2.03. The second-order valence-electron chi connectivity index (χ2n) is 4.52. The van der Waals surface area contributed by atoms with E-state index in [1.54, 1.807) is 18.2 Å². The second kappa shape index (κ2) is 7.23. The summed E-state index contributed by atoms with van der Waals surface area (Å²) in [7, 11) is 0. The third-order valence-electron chi connectivity index (χ3n) is 2.98. The number of imide groups is 1. The van der Waals surface area contributed by atoms with Crippen LogP contribution in [-0.2, 0) is 25.6 Å². The zero-order chi connectivity index (χ0) is 16.1. The highest BCUT2D eigenvalue weighted by atomic mass is 127. The lowest BCUT2D eigenvalue weighted by atomic mass is 10.1. The van der Waals surface area contributed by atoms with Crippen molar-refractivity contribution in [2.45, 2.75) is 25.7 Å². The van der Waals surface area contributed by atoms with Crippen molar-refractivity contribution in [2.24, 2.45) is 5.11 Å². The Kier molecular flexibility index (Phi) is 5.34. The van der Waals surface area contributed by atoms with Gasteiger partial charge < -0.3 is 4.84 Å². The number of hydroxylamine groups is 2. The van der Waals surface area contributed by atoms with Gasteiger partial charge in [-0.2, -0.15) is 0 Å². The molecule has 1 aliphatic rings. The Labute approximate surface area is 139 Å². The SMILES string of the molecule is [N-]=[N+]=Nc1ccc(CCC(=O)ON2C(=O)CCC2=O)cc1I. The fraction of sp³-hybridized carbons (Fsp3) is 0.308. The van der Waals surface area contributed by atoms with Crippen molar-refractivity contribution >= 4 is 46.1 Å². The molecule has 114 valence electrons. The molecule has 1 aliphatic heterocycles. The molecule has 0 atom stereocenters. The van der Waals surface area contributed by atoms with Gasteiger partial charge in [0.2, 0.25) is 0 Å². The van der Waals surface area contributed by atoms with Crippen LogP contribution in [0.25, 0.3) is 10.4 Å². The first kappa shape index (κ1) is 16.2. The van der Waals surface area contributed by atoms with Gasteiger partial charge in [0.1, 0.15) is 0 Å². The average molecular weight is 414 g/mol. The number of rotatable bonds is 5. The maximum Gasteiger partial charge on any atom is 0.333 e. The molecular weight excluding hydrogens is 403 g/mol. The molecule has 0 spiro atoms. The van der Waals surface area contributed by atoms with Gasteiger partial charge in [0.15, 0.2) is 0 Å². The van der Waals surface area contributed by atoms with Gasteiger partial charge in [-0.1, -0.05) is 17.2 Å². The van der Waals surface area contributed by atoms with Crippen molar-refractivity contribution < 1.29 is 19.2 Å². The van der Waals surface area contributed by atoms with Crippen molar-refractivity contribution in [1.29, 1.82) is 0 Å². The van der Waals surface area contributed by atoms with E-state index < -0.39 is 17.8 Å². The molecular formula is C13H11IN4O4. The summed E-state index contributed by atoms with van der Waals surface area (Å²) in [6, 6.07) is 5.20. The van der Waals surface area contributed by atoms with Crippen molar-refractivity contribution in [3.63, 3.8) is 0 Å². The van der Waals surface area contributed by atoms with Crippen LogP contribution in [0.4, 0.5) is 5.69 Å². The van der Waals surface area contributed by atoms with Crippen LogP contribution in [-0.4, -0.2) is 22.8 Å². The highest BCUT2D eigenvalue weighted by molar-refractivity contribution is 14.1. The molecule has 0 aromatic heterocycles. The minimum absolute atomic E-state index is 0.0357. The summed E-state index contributed by atoms with van der Waals surface area (Å²) < 4.78 is 0.770. The Bertz CT molecular complexity index is 669. The van der Waals surface area contributed by atoms with E-state index in [2.05, 4.69) is 10.0 Å². The molecule has 2 rings (SSSR count). The lowest BCUT2D eigenvalue weighted by molar-refractivity contribution is -0.197. The maximum absolute atomic E-state index is 11.7. The Morgan fingerprint density at radius 2 is 2.05 bits per heavy atom. The van der Waals surface area contributed by atoms with Crippen LogP contribution in [0.1, 0.15) is 24.8 Å². The molecule has 0 bridgehead atoms. The van der Waals surface area contributed by atoms with E-state index in [0.29, 0.717) is 17.2 Å². The van der Waals surface area contributed by atoms with Crippen molar-refractivity contribution in [1.82, 2.24) is 5.06 Å². The quantitative estimate of drug-likeness (QED) is 0.242. The molecule has 9 heteroatoms. The number of hydrogen-bond acceptors (Lipinski definition) is 5. The molecule has 8 nitrogen and oxygen atoms in total. The fourth-order valence-corrected chi connectivity index (χ4v) is 2.57. The summed E-state index contributed by atoms with van der Waals surface area (Å²) in [5.41, 5.74) is 9.78. The summed E-state index contributed by atoms with van der Waals surface area (Å²) in [5.74, 6) is -1.63. The summed E-state index contributed by atoms with van der Waals surface area (Å²) in [6.45, 7) is 0. The van der Waals surface area contributed by atoms with Crippen LogP contribution in [0, 0.1) is 3.57 Å². The van der Waals surface area contributed by atoms with E-state index in [0.717, 1.165) is 9.13 Å². The van der Waals surface area contributed by atoms with Crippen molar-refractivity contribution in [3.8, 4) is 0 Å². The first-order valence-electron chi connectivity index (χ1n) is 6.41. The number of benzene rings is 1. The van der Waals surface area contributed by atoms with Gasteiger partial charge in [-0.05, 0) is 46.2 Å². The molecule has 1 aromatic rings. The lowest BCUT2D eigenvalue weighted by Crippen LogP contribution is -2.32. The normalized spacial score (nSPS) is 14.0. The predicted molar refractivity (Wildman–Crippen MR) is 83.5 cm³/mol. The van der Waals surface area contributed by atoms with Crippen LogP contribution < -0.4 is 0 Å². The smallest absolute Gasteiger partial charge is 0.330 e. The first-order valence-corrected chi connectivity index (χ1v) is 7.49. The van der Waals surface area contributed by atoms with E-state index in [4.69, 9.17) is 10.4 Å². The number of amides is 2. The van der Waals surface area contributed by atoms with Gasteiger partial charge in [0, 0.05) is 21.3 Å². The zero-order valence-electron chi connectivity index (χ0n) is 11.4. The predicted octanol–water partition coefficient (Wildman–Crippen LogP) is 2.77. The number of aryl methyl sites for hydroxylation is 1. The third-order valence-corrected chi connectivity index (χ3v) is 3.85. The molecule has 1 aromatic carbocycles. The molecule has 1 heterocycles.